The summed E-state index contributed by atoms with van der Waals surface area (Å²) in [6, 6.07) is 68.1. The fourth-order valence-corrected chi connectivity index (χ4v) is 8.74. The van der Waals surface area contributed by atoms with Crippen LogP contribution in [0.1, 0.15) is 0 Å². The largest absolute Gasteiger partial charge is 0.455 e. The van der Waals surface area contributed by atoms with E-state index in [4.69, 9.17) is 19.4 Å². The van der Waals surface area contributed by atoms with Crippen molar-refractivity contribution in [2.75, 3.05) is 0 Å². The smallest absolute Gasteiger partial charge is 0.167 e. The third-order valence-electron chi connectivity index (χ3n) is 11.5. The van der Waals surface area contributed by atoms with Crippen molar-refractivity contribution in [3.05, 3.63) is 194 Å². The maximum atomic E-state index is 6.51. The Labute approximate surface area is 333 Å². The summed E-state index contributed by atoms with van der Waals surface area (Å²) >= 11 is 0. The van der Waals surface area contributed by atoms with Gasteiger partial charge >= 0.3 is 0 Å². The van der Waals surface area contributed by atoms with E-state index in [9.17, 15) is 0 Å². The minimum Gasteiger partial charge on any atom is -0.455 e. The van der Waals surface area contributed by atoms with E-state index in [1.54, 1.807) is 0 Å². The fraction of sp³-hybridized carbons (Fsp3) is 0. The summed E-state index contributed by atoms with van der Waals surface area (Å²) in [5.74, 6) is 1.73. The van der Waals surface area contributed by atoms with Gasteiger partial charge in [-0.3, -0.25) is 0 Å². The van der Waals surface area contributed by atoms with Crippen LogP contribution in [0.15, 0.2) is 199 Å². The Hall–Kier alpha value is -7.89. The Balaban J connectivity index is 1.06. The molecule has 5 heteroatoms. The number of rotatable bonds is 5. The lowest BCUT2D eigenvalue weighted by molar-refractivity contribution is 0.669. The molecule has 0 spiro atoms. The van der Waals surface area contributed by atoms with Crippen LogP contribution in [0.4, 0.5) is 0 Å². The number of hydrogen-bond donors (Lipinski definition) is 0. The van der Waals surface area contributed by atoms with Crippen LogP contribution in [0.25, 0.3) is 116 Å². The molecule has 0 amide bonds. The summed E-state index contributed by atoms with van der Waals surface area (Å²) in [6.07, 6.45) is 0. The van der Waals surface area contributed by atoms with Gasteiger partial charge < -0.3 is 8.98 Å². The van der Waals surface area contributed by atoms with Crippen LogP contribution in [0.2, 0.25) is 0 Å². The van der Waals surface area contributed by atoms with Gasteiger partial charge in [0.15, 0.2) is 17.5 Å². The van der Waals surface area contributed by atoms with Gasteiger partial charge in [0, 0.05) is 38.4 Å². The Morgan fingerprint density at radius 1 is 0.362 bits per heavy atom. The van der Waals surface area contributed by atoms with Crippen LogP contribution in [-0.4, -0.2) is 19.5 Å². The molecule has 0 aliphatic heterocycles. The van der Waals surface area contributed by atoms with Crippen molar-refractivity contribution in [3.8, 4) is 51.0 Å². The van der Waals surface area contributed by atoms with Crippen molar-refractivity contribution in [3.63, 3.8) is 0 Å². The van der Waals surface area contributed by atoms with Gasteiger partial charge in [-0.25, -0.2) is 15.0 Å². The number of fused-ring (bicyclic) bond motifs is 9. The van der Waals surface area contributed by atoms with Crippen LogP contribution >= 0.6 is 0 Å². The van der Waals surface area contributed by atoms with Gasteiger partial charge in [0.1, 0.15) is 11.2 Å². The van der Waals surface area contributed by atoms with Gasteiger partial charge in [-0.2, -0.15) is 0 Å². The highest BCUT2D eigenvalue weighted by atomic mass is 16.3. The Bertz CT molecular complexity index is 3560. The van der Waals surface area contributed by atoms with E-state index in [0.29, 0.717) is 17.5 Å². The van der Waals surface area contributed by atoms with Crippen molar-refractivity contribution >= 4 is 65.3 Å². The van der Waals surface area contributed by atoms with Crippen LogP contribution in [0, 0.1) is 0 Å². The van der Waals surface area contributed by atoms with E-state index < -0.39 is 0 Å². The predicted octanol–water partition coefficient (Wildman–Crippen LogP) is 13.8. The quantitative estimate of drug-likeness (QED) is 0.165. The number of para-hydroxylation sites is 4. The summed E-state index contributed by atoms with van der Waals surface area (Å²) in [7, 11) is 0. The number of furan rings is 1. The first-order chi connectivity index (χ1) is 28.7. The number of nitrogens with zero attached hydrogens (tertiary/aromatic N) is 4. The SMILES string of the molecule is c1ccc(-n2c3ccccc3c3ccc(-c4nc(-c5ccc(-c6cccc7ccc8ccccc8c67)cc5)nc(-c5cccc6c5oc5ccccc56)n4)cc32)cc1. The van der Waals surface area contributed by atoms with E-state index in [1.165, 1.54) is 37.9 Å². The molecule has 0 radical (unpaired) electrons. The van der Waals surface area contributed by atoms with Crippen LogP contribution in [0.5, 0.6) is 0 Å². The van der Waals surface area contributed by atoms with E-state index in [-0.39, 0.29) is 0 Å². The summed E-state index contributed by atoms with van der Waals surface area (Å²) < 4.78 is 8.83. The maximum absolute atomic E-state index is 6.51. The van der Waals surface area contributed by atoms with Crippen LogP contribution < -0.4 is 0 Å². The van der Waals surface area contributed by atoms with E-state index >= 15 is 0 Å². The van der Waals surface area contributed by atoms with Gasteiger partial charge in [-0.05, 0) is 69.1 Å². The molecule has 9 aromatic carbocycles. The summed E-state index contributed by atoms with van der Waals surface area (Å²) in [5, 5.41) is 9.39. The average molecular weight is 741 g/mol. The monoisotopic (exact) mass is 740 g/mol. The molecule has 12 rings (SSSR count). The molecule has 58 heavy (non-hydrogen) atoms. The molecule has 0 saturated carbocycles. The third-order valence-corrected chi connectivity index (χ3v) is 11.5. The van der Waals surface area contributed by atoms with Crippen molar-refractivity contribution in [1.29, 1.82) is 0 Å². The molecule has 0 N–H and O–H groups in total. The maximum Gasteiger partial charge on any atom is 0.167 e. The Kier molecular flexibility index (Phi) is 7.16. The number of aromatic nitrogens is 4. The third kappa shape index (κ3) is 5.07. The van der Waals surface area contributed by atoms with E-state index in [0.717, 1.165) is 60.9 Å². The first-order valence-electron chi connectivity index (χ1n) is 19.5. The molecule has 0 unspecified atom stereocenters. The topological polar surface area (TPSA) is 56.7 Å². The van der Waals surface area contributed by atoms with Gasteiger partial charge in [0.05, 0.1) is 16.6 Å². The first kappa shape index (κ1) is 32.4. The predicted molar refractivity (Wildman–Crippen MR) is 238 cm³/mol. The average Bonchev–Trinajstić information content (AvgIpc) is 3.84. The molecule has 0 aliphatic carbocycles. The van der Waals surface area contributed by atoms with Crippen molar-refractivity contribution in [2.45, 2.75) is 0 Å². The Morgan fingerprint density at radius 2 is 0.966 bits per heavy atom. The fourth-order valence-electron chi connectivity index (χ4n) is 8.74. The second kappa shape index (κ2) is 12.8. The molecular weight excluding hydrogens is 709 g/mol. The molecule has 12 aromatic rings. The highest BCUT2D eigenvalue weighted by Crippen LogP contribution is 2.39. The number of benzene rings is 9. The van der Waals surface area contributed by atoms with Gasteiger partial charge in [0.2, 0.25) is 0 Å². The minimum atomic E-state index is 0.554. The lowest BCUT2D eigenvalue weighted by atomic mass is 9.93. The molecule has 3 aromatic heterocycles. The number of hydrogen-bond acceptors (Lipinski definition) is 4. The molecule has 0 fully saturated rings. The highest BCUT2D eigenvalue weighted by molar-refractivity contribution is 6.14. The molecule has 0 atom stereocenters. The lowest BCUT2D eigenvalue weighted by Gasteiger charge is -2.12. The molecular formula is C53H32N4O. The van der Waals surface area contributed by atoms with E-state index in [1.807, 2.05) is 24.3 Å². The Morgan fingerprint density at radius 3 is 1.84 bits per heavy atom. The molecule has 0 aliphatic rings. The molecule has 0 bridgehead atoms. The second-order valence-electron chi connectivity index (χ2n) is 14.8. The minimum absolute atomic E-state index is 0.554. The lowest BCUT2D eigenvalue weighted by Crippen LogP contribution is -2.01. The first-order valence-corrected chi connectivity index (χ1v) is 19.5. The second-order valence-corrected chi connectivity index (χ2v) is 14.8. The molecule has 3 heterocycles. The zero-order chi connectivity index (χ0) is 38.2. The van der Waals surface area contributed by atoms with Gasteiger partial charge in [0.25, 0.3) is 0 Å². The van der Waals surface area contributed by atoms with Crippen LogP contribution in [0.3, 0.4) is 0 Å². The van der Waals surface area contributed by atoms with Crippen molar-refractivity contribution < 1.29 is 4.42 Å². The molecule has 0 saturated heterocycles. The normalized spacial score (nSPS) is 11.8. The summed E-state index contributed by atoms with van der Waals surface area (Å²) in [5.41, 5.74) is 9.84. The van der Waals surface area contributed by atoms with Crippen molar-refractivity contribution in [1.82, 2.24) is 19.5 Å². The highest BCUT2D eigenvalue weighted by Gasteiger charge is 2.20. The zero-order valence-electron chi connectivity index (χ0n) is 31.2. The standard InChI is InChI=1S/C53H32N4O/c1-2-14-38(15-3-1)57-46-22-8-6-17-41(46)42-31-30-37(32-47(42)57)52-54-51(55-53(56-52)45-21-11-20-44-43-18-7-9-23-48(43)58-50(44)45)36-28-25-34(26-29-36)40-19-10-13-35-27-24-33-12-4-5-16-39(33)49(35)40/h1-32H. The van der Waals surface area contributed by atoms with Crippen LogP contribution in [-0.2, 0) is 0 Å². The molecule has 270 valence electrons. The molecule has 5 nitrogen and oxygen atoms in total. The van der Waals surface area contributed by atoms with Crippen molar-refractivity contribution in [2.24, 2.45) is 0 Å². The summed E-state index contributed by atoms with van der Waals surface area (Å²) in [4.78, 5) is 15.6. The van der Waals surface area contributed by atoms with Gasteiger partial charge in [-0.1, -0.05) is 158 Å². The summed E-state index contributed by atoms with van der Waals surface area (Å²) in [6.45, 7) is 0. The van der Waals surface area contributed by atoms with E-state index in [2.05, 4.69) is 174 Å². The van der Waals surface area contributed by atoms with Gasteiger partial charge in [-0.15, -0.1) is 0 Å². The zero-order valence-corrected chi connectivity index (χ0v) is 31.2.